The molecule has 1 saturated heterocycles. The number of nitrogens with one attached hydrogen (secondary N) is 1. The summed E-state index contributed by atoms with van der Waals surface area (Å²) in [5.41, 5.74) is 0.432. The fourth-order valence-corrected chi connectivity index (χ4v) is 2.61. The molecule has 2 heterocycles. The summed E-state index contributed by atoms with van der Waals surface area (Å²) in [5, 5.41) is 0.527. The van der Waals surface area contributed by atoms with E-state index < -0.39 is 0 Å². The minimum Gasteiger partial charge on any atom is -0.488 e. The van der Waals surface area contributed by atoms with Gasteiger partial charge in [-0.1, -0.05) is 15.9 Å². The summed E-state index contributed by atoms with van der Waals surface area (Å²) >= 11 is 3.40. The second-order valence-corrected chi connectivity index (χ2v) is 5.38. The lowest BCUT2D eigenvalue weighted by Crippen LogP contribution is -2.26. The molecular formula is C13H13BrN2O3. The molecule has 5 nitrogen and oxygen atoms in total. The number of H-pyrrole nitrogens is 1. The van der Waals surface area contributed by atoms with Gasteiger partial charge in [-0.2, -0.15) is 0 Å². The van der Waals surface area contributed by atoms with E-state index in [1.165, 1.54) is 6.33 Å². The van der Waals surface area contributed by atoms with Gasteiger partial charge in [-0.3, -0.25) is 4.79 Å². The van der Waals surface area contributed by atoms with Gasteiger partial charge in [0.2, 0.25) is 0 Å². The van der Waals surface area contributed by atoms with E-state index in [0.717, 1.165) is 17.3 Å². The lowest BCUT2D eigenvalue weighted by molar-refractivity contribution is 0.0261. The van der Waals surface area contributed by atoms with Crippen LogP contribution in [0.1, 0.15) is 12.8 Å². The number of fused-ring (bicyclic) bond motifs is 1. The summed E-state index contributed by atoms with van der Waals surface area (Å²) in [5.74, 6) is 0.641. The Kier molecular flexibility index (Phi) is 3.52. The smallest absolute Gasteiger partial charge is 0.258 e. The van der Waals surface area contributed by atoms with Crippen LogP contribution in [-0.4, -0.2) is 29.3 Å². The zero-order valence-corrected chi connectivity index (χ0v) is 11.8. The normalized spacial score (nSPS) is 16.7. The topological polar surface area (TPSA) is 64.2 Å². The van der Waals surface area contributed by atoms with Crippen LogP contribution in [0.25, 0.3) is 10.9 Å². The number of ether oxygens (including phenoxy) is 2. The first-order valence-corrected chi connectivity index (χ1v) is 6.94. The molecule has 1 N–H and O–H groups in total. The zero-order valence-electron chi connectivity index (χ0n) is 10.2. The van der Waals surface area contributed by atoms with Crippen LogP contribution in [0.2, 0.25) is 0 Å². The number of aromatic nitrogens is 2. The van der Waals surface area contributed by atoms with Crippen LogP contribution in [0.4, 0.5) is 0 Å². The second-order valence-electron chi connectivity index (χ2n) is 4.46. The first kappa shape index (κ1) is 12.6. The van der Waals surface area contributed by atoms with Gasteiger partial charge in [0.25, 0.3) is 5.56 Å². The van der Waals surface area contributed by atoms with Crippen molar-refractivity contribution in [1.82, 2.24) is 9.97 Å². The summed E-state index contributed by atoms with van der Waals surface area (Å²) in [6, 6.07) is 3.60. The Balaban J connectivity index is 2.02. The van der Waals surface area contributed by atoms with Gasteiger partial charge in [0.05, 0.1) is 24.9 Å². The Labute approximate surface area is 118 Å². The van der Waals surface area contributed by atoms with Crippen molar-refractivity contribution in [3.63, 3.8) is 0 Å². The van der Waals surface area contributed by atoms with Gasteiger partial charge in [-0.25, -0.2) is 4.98 Å². The van der Waals surface area contributed by atoms with Gasteiger partial charge in [-0.05, 0) is 12.1 Å². The van der Waals surface area contributed by atoms with Crippen LogP contribution in [0, 0.1) is 0 Å². The minimum atomic E-state index is -0.164. The highest BCUT2D eigenvalue weighted by Gasteiger charge is 2.17. The van der Waals surface area contributed by atoms with E-state index in [2.05, 4.69) is 25.9 Å². The zero-order chi connectivity index (χ0) is 13.2. The fraction of sp³-hybridized carbons (Fsp3) is 0.385. The van der Waals surface area contributed by atoms with E-state index >= 15 is 0 Å². The van der Waals surface area contributed by atoms with Crippen molar-refractivity contribution in [3.8, 4) is 5.75 Å². The van der Waals surface area contributed by atoms with Crippen LogP contribution in [0.15, 0.2) is 27.7 Å². The maximum Gasteiger partial charge on any atom is 0.258 e. The van der Waals surface area contributed by atoms with E-state index in [-0.39, 0.29) is 11.7 Å². The SMILES string of the molecule is O=c1[nH]cnc2c(OC3CCOCC3)cc(Br)cc12. The van der Waals surface area contributed by atoms with Crippen molar-refractivity contribution in [3.05, 3.63) is 33.3 Å². The molecular weight excluding hydrogens is 312 g/mol. The molecule has 1 aromatic heterocycles. The summed E-state index contributed by atoms with van der Waals surface area (Å²) in [4.78, 5) is 18.6. The molecule has 19 heavy (non-hydrogen) atoms. The van der Waals surface area contributed by atoms with Crippen molar-refractivity contribution in [2.45, 2.75) is 18.9 Å². The van der Waals surface area contributed by atoms with Crippen LogP contribution < -0.4 is 10.3 Å². The Morgan fingerprint density at radius 2 is 2.16 bits per heavy atom. The van der Waals surface area contributed by atoms with Crippen molar-refractivity contribution in [2.75, 3.05) is 13.2 Å². The fourth-order valence-electron chi connectivity index (χ4n) is 2.18. The number of nitrogens with zero attached hydrogens (tertiary/aromatic N) is 1. The first-order chi connectivity index (χ1) is 9.24. The molecule has 1 fully saturated rings. The molecule has 1 aliphatic rings. The molecule has 0 radical (unpaired) electrons. The maximum atomic E-state index is 11.8. The molecule has 0 spiro atoms. The van der Waals surface area contributed by atoms with E-state index in [9.17, 15) is 4.79 Å². The molecule has 2 aromatic rings. The average molecular weight is 325 g/mol. The van der Waals surface area contributed by atoms with Crippen LogP contribution in [0.5, 0.6) is 5.75 Å². The van der Waals surface area contributed by atoms with Crippen LogP contribution in [0.3, 0.4) is 0 Å². The molecule has 0 unspecified atom stereocenters. The highest BCUT2D eigenvalue weighted by Crippen LogP contribution is 2.28. The van der Waals surface area contributed by atoms with Crippen molar-refractivity contribution in [2.24, 2.45) is 0 Å². The van der Waals surface area contributed by atoms with Gasteiger partial charge in [0.1, 0.15) is 17.4 Å². The lowest BCUT2D eigenvalue weighted by atomic mass is 10.1. The lowest BCUT2D eigenvalue weighted by Gasteiger charge is -2.23. The monoisotopic (exact) mass is 324 g/mol. The highest BCUT2D eigenvalue weighted by molar-refractivity contribution is 9.10. The van der Waals surface area contributed by atoms with E-state index in [1.807, 2.05) is 6.07 Å². The van der Waals surface area contributed by atoms with Crippen molar-refractivity contribution in [1.29, 1.82) is 0 Å². The minimum absolute atomic E-state index is 0.118. The predicted molar refractivity (Wildman–Crippen MR) is 74.5 cm³/mol. The third-order valence-electron chi connectivity index (χ3n) is 3.14. The Morgan fingerprint density at radius 1 is 1.37 bits per heavy atom. The Morgan fingerprint density at radius 3 is 2.95 bits per heavy atom. The summed E-state index contributed by atoms with van der Waals surface area (Å²) in [6.45, 7) is 1.43. The largest absolute Gasteiger partial charge is 0.488 e. The van der Waals surface area contributed by atoms with E-state index in [4.69, 9.17) is 9.47 Å². The van der Waals surface area contributed by atoms with Crippen LogP contribution >= 0.6 is 15.9 Å². The average Bonchev–Trinajstić information content (AvgIpc) is 2.41. The second kappa shape index (κ2) is 5.30. The molecule has 1 aliphatic heterocycles. The summed E-state index contributed by atoms with van der Waals surface area (Å²) in [7, 11) is 0. The Hall–Kier alpha value is -1.40. The predicted octanol–water partition coefficient (Wildman–Crippen LogP) is 2.24. The van der Waals surface area contributed by atoms with Crippen LogP contribution in [-0.2, 0) is 4.74 Å². The number of benzene rings is 1. The van der Waals surface area contributed by atoms with E-state index in [1.54, 1.807) is 6.07 Å². The van der Waals surface area contributed by atoms with Crippen molar-refractivity contribution < 1.29 is 9.47 Å². The summed E-state index contributed by atoms with van der Waals surface area (Å²) in [6.07, 6.45) is 3.23. The Bertz CT molecular complexity index is 650. The van der Waals surface area contributed by atoms with E-state index in [0.29, 0.717) is 29.9 Å². The molecule has 6 heteroatoms. The maximum absolute atomic E-state index is 11.8. The number of hydrogen-bond donors (Lipinski definition) is 1. The van der Waals surface area contributed by atoms with Crippen molar-refractivity contribution >= 4 is 26.8 Å². The number of halogens is 1. The molecule has 1 aromatic carbocycles. The third kappa shape index (κ3) is 2.64. The number of hydrogen-bond acceptors (Lipinski definition) is 4. The molecule has 0 amide bonds. The van der Waals surface area contributed by atoms with Gasteiger partial charge in [0, 0.05) is 17.3 Å². The number of aromatic amines is 1. The number of rotatable bonds is 2. The summed E-state index contributed by atoms with van der Waals surface area (Å²) < 4.78 is 12.1. The van der Waals surface area contributed by atoms with Gasteiger partial charge < -0.3 is 14.5 Å². The standard InChI is InChI=1S/C13H13BrN2O3/c14-8-5-10-12(15-7-16-13(10)17)11(6-8)19-9-1-3-18-4-2-9/h5-7,9H,1-4H2,(H,15,16,17). The quantitative estimate of drug-likeness (QED) is 0.920. The third-order valence-corrected chi connectivity index (χ3v) is 3.59. The first-order valence-electron chi connectivity index (χ1n) is 6.15. The van der Waals surface area contributed by atoms with Gasteiger partial charge in [0.15, 0.2) is 0 Å². The molecule has 0 bridgehead atoms. The molecule has 3 rings (SSSR count). The molecule has 0 aliphatic carbocycles. The van der Waals surface area contributed by atoms with Gasteiger partial charge in [-0.15, -0.1) is 0 Å². The molecule has 0 atom stereocenters. The molecule has 100 valence electrons. The van der Waals surface area contributed by atoms with Gasteiger partial charge >= 0.3 is 0 Å². The highest BCUT2D eigenvalue weighted by atomic mass is 79.9. The molecule has 0 saturated carbocycles.